The zero-order valence-electron chi connectivity index (χ0n) is 11.3. The molecule has 1 aliphatic rings. The van der Waals surface area contributed by atoms with Crippen LogP contribution in [0.25, 0.3) is 6.08 Å². The summed E-state index contributed by atoms with van der Waals surface area (Å²) in [6, 6.07) is -0.169. The van der Waals surface area contributed by atoms with Gasteiger partial charge in [0.2, 0.25) is 5.92 Å². The molecule has 1 aromatic heterocycles. The van der Waals surface area contributed by atoms with Gasteiger partial charge in [-0.05, 0) is 12.8 Å². The molecule has 0 saturated heterocycles. The number of nitrogens with one attached hydrogen (secondary N) is 2. The monoisotopic (exact) mass is 300 g/mol. The number of carbonyl (C=O) groups is 1. The van der Waals surface area contributed by atoms with Crippen molar-refractivity contribution < 1.29 is 13.6 Å². The summed E-state index contributed by atoms with van der Waals surface area (Å²) in [5.41, 5.74) is 1.31. The lowest BCUT2D eigenvalue weighted by molar-refractivity contribution is -0.0399. The second-order valence-electron chi connectivity index (χ2n) is 4.95. The van der Waals surface area contributed by atoms with Crippen molar-refractivity contribution >= 4 is 28.3 Å². The van der Waals surface area contributed by atoms with Gasteiger partial charge in [0.25, 0.3) is 5.91 Å². The minimum absolute atomic E-state index is 0.155. The van der Waals surface area contributed by atoms with Crippen LogP contribution in [0.1, 0.15) is 41.6 Å². The summed E-state index contributed by atoms with van der Waals surface area (Å²) in [5, 5.41) is 8.48. The molecule has 0 aliphatic heterocycles. The fourth-order valence-corrected chi connectivity index (χ4v) is 3.29. The molecule has 1 fully saturated rings. The highest BCUT2D eigenvalue weighted by Gasteiger charge is 2.35. The minimum Gasteiger partial charge on any atom is -0.379 e. The molecule has 1 aliphatic carbocycles. The third kappa shape index (κ3) is 3.17. The Hall–Kier alpha value is -1.43. The molecule has 1 aromatic rings. The number of hydrogen-bond acceptors (Lipinski definition) is 3. The van der Waals surface area contributed by atoms with Crippen LogP contribution in [0.15, 0.2) is 12.0 Å². The maximum Gasteiger partial charge on any atom is 0.253 e. The Balaban J connectivity index is 2.02. The first-order valence-corrected chi connectivity index (χ1v) is 7.45. The van der Waals surface area contributed by atoms with Gasteiger partial charge in [0.1, 0.15) is 0 Å². The van der Waals surface area contributed by atoms with E-state index in [9.17, 15) is 13.6 Å². The van der Waals surface area contributed by atoms with Gasteiger partial charge >= 0.3 is 0 Å². The first kappa shape index (κ1) is 15.0. The van der Waals surface area contributed by atoms with Gasteiger partial charge < -0.3 is 10.6 Å². The maximum absolute atomic E-state index is 13.1. The number of carbonyl (C=O) groups excluding carboxylic acids is 1. The lowest BCUT2D eigenvalue weighted by Gasteiger charge is -2.28. The quantitative estimate of drug-likeness (QED) is 0.889. The summed E-state index contributed by atoms with van der Waals surface area (Å²) >= 11 is 1.43. The van der Waals surface area contributed by atoms with Gasteiger partial charge in [-0.25, -0.2) is 8.78 Å². The Bertz CT molecular complexity index is 503. The Labute approximate surface area is 121 Å². The van der Waals surface area contributed by atoms with Crippen LogP contribution in [0.3, 0.4) is 0 Å². The standard InChI is InChI=1S/C14H18F2N2OS/c1-3-10-11(8-20-13(10)17-2)12(19)18-9-4-6-14(15,16)7-5-9/h3,8-9,17H,1,4-7H2,2H3,(H,18,19). The van der Waals surface area contributed by atoms with Crippen LogP contribution < -0.4 is 10.6 Å². The van der Waals surface area contributed by atoms with Crippen molar-refractivity contribution in [3.05, 3.63) is 23.1 Å². The first-order chi connectivity index (χ1) is 9.46. The summed E-state index contributed by atoms with van der Waals surface area (Å²) in [6.45, 7) is 3.71. The third-order valence-corrected chi connectivity index (χ3v) is 4.57. The summed E-state index contributed by atoms with van der Waals surface area (Å²) in [4.78, 5) is 12.2. The maximum atomic E-state index is 13.1. The number of rotatable bonds is 4. The second kappa shape index (κ2) is 5.91. The van der Waals surface area contributed by atoms with Gasteiger partial charge in [-0.1, -0.05) is 12.7 Å². The van der Waals surface area contributed by atoms with Gasteiger partial charge in [0, 0.05) is 36.9 Å². The molecule has 0 bridgehead atoms. The molecule has 2 N–H and O–H groups in total. The van der Waals surface area contributed by atoms with Crippen LogP contribution in [-0.4, -0.2) is 24.9 Å². The van der Waals surface area contributed by atoms with Gasteiger partial charge in [-0.15, -0.1) is 11.3 Å². The van der Waals surface area contributed by atoms with E-state index in [0.29, 0.717) is 18.4 Å². The molecular weight excluding hydrogens is 282 g/mol. The molecule has 3 nitrogen and oxygen atoms in total. The van der Waals surface area contributed by atoms with E-state index in [0.717, 1.165) is 10.6 Å². The van der Waals surface area contributed by atoms with Crippen LogP contribution in [0.2, 0.25) is 0 Å². The van der Waals surface area contributed by atoms with E-state index in [-0.39, 0.29) is 24.8 Å². The zero-order chi connectivity index (χ0) is 14.8. The average Bonchev–Trinajstić information content (AvgIpc) is 2.84. The fourth-order valence-electron chi connectivity index (χ4n) is 2.39. The van der Waals surface area contributed by atoms with Gasteiger partial charge in [0.15, 0.2) is 0 Å². The highest BCUT2D eigenvalue weighted by Crippen LogP contribution is 2.33. The molecule has 0 unspecified atom stereocenters. The Kier molecular flexibility index (Phi) is 4.42. The normalized spacial score (nSPS) is 18.6. The van der Waals surface area contributed by atoms with E-state index in [1.54, 1.807) is 18.5 Å². The molecule has 0 radical (unpaired) electrons. The van der Waals surface area contributed by atoms with E-state index in [2.05, 4.69) is 17.2 Å². The zero-order valence-corrected chi connectivity index (χ0v) is 12.2. The Morgan fingerprint density at radius 3 is 2.70 bits per heavy atom. The number of halogens is 2. The van der Waals surface area contributed by atoms with Crippen LogP contribution in [-0.2, 0) is 0 Å². The lowest BCUT2D eigenvalue weighted by Crippen LogP contribution is -2.40. The highest BCUT2D eigenvalue weighted by atomic mass is 32.1. The van der Waals surface area contributed by atoms with E-state index >= 15 is 0 Å². The Morgan fingerprint density at radius 1 is 1.50 bits per heavy atom. The number of anilines is 1. The van der Waals surface area contributed by atoms with Crippen molar-refractivity contribution in [1.82, 2.24) is 5.32 Å². The largest absolute Gasteiger partial charge is 0.379 e. The van der Waals surface area contributed by atoms with E-state index in [1.165, 1.54) is 11.3 Å². The van der Waals surface area contributed by atoms with Crippen molar-refractivity contribution in [2.24, 2.45) is 0 Å². The topological polar surface area (TPSA) is 41.1 Å². The lowest BCUT2D eigenvalue weighted by atomic mass is 9.92. The molecule has 0 atom stereocenters. The molecule has 1 saturated carbocycles. The summed E-state index contributed by atoms with van der Waals surface area (Å²) in [7, 11) is 1.78. The number of thiophene rings is 1. The highest BCUT2D eigenvalue weighted by molar-refractivity contribution is 7.14. The predicted octanol–water partition coefficient (Wildman–Crippen LogP) is 3.74. The first-order valence-electron chi connectivity index (χ1n) is 6.57. The van der Waals surface area contributed by atoms with Crippen LogP contribution in [0, 0.1) is 0 Å². The minimum atomic E-state index is -2.57. The van der Waals surface area contributed by atoms with Crippen LogP contribution >= 0.6 is 11.3 Å². The van der Waals surface area contributed by atoms with Crippen molar-refractivity contribution in [2.75, 3.05) is 12.4 Å². The van der Waals surface area contributed by atoms with E-state index in [4.69, 9.17) is 0 Å². The van der Waals surface area contributed by atoms with Crippen molar-refractivity contribution in [3.63, 3.8) is 0 Å². The van der Waals surface area contributed by atoms with Gasteiger partial charge in [-0.3, -0.25) is 4.79 Å². The number of hydrogen-bond donors (Lipinski definition) is 2. The number of amides is 1. The summed E-state index contributed by atoms with van der Waals surface area (Å²) in [6.07, 6.45) is 1.97. The van der Waals surface area contributed by atoms with Gasteiger partial charge in [0.05, 0.1) is 10.6 Å². The molecule has 2 rings (SSSR count). The Morgan fingerprint density at radius 2 is 2.15 bits per heavy atom. The van der Waals surface area contributed by atoms with Crippen molar-refractivity contribution in [1.29, 1.82) is 0 Å². The van der Waals surface area contributed by atoms with Crippen molar-refractivity contribution in [2.45, 2.75) is 37.6 Å². The molecule has 1 amide bonds. The molecular formula is C14H18F2N2OS. The predicted molar refractivity (Wildman–Crippen MR) is 78.6 cm³/mol. The third-order valence-electron chi connectivity index (χ3n) is 3.56. The molecule has 6 heteroatoms. The van der Waals surface area contributed by atoms with Crippen LogP contribution in [0.5, 0.6) is 0 Å². The molecule has 20 heavy (non-hydrogen) atoms. The van der Waals surface area contributed by atoms with E-state index < -0.39 is 5.92 Å². The van der Waals surface area contributed by atoms with Crippen LogP contribution in [0.4, 0.5) is 13.8 Å². The van der Waals surface area contributed by atoms with E-state index in [1.807, 2.05) is 0 Å². The smallest absolute Gasteiger partial charge is 0.253 e. The fraction of sp³-hybridized carbons (Fsp3) is 0.500. The summed E-state index contributed by atoms with van der Waals surface area (Å²) < 4.78 is 26.1. The van der Waals surface area contributed by atoms with Crippen molar-refractivity contribution in [3.8, 4) is 0 Å². The molecule has 0 spiro atoms. The number of alkyl halides is 2. The molecule has 110 valence electrons. The van der Waals surface area contributed by atoms with Gasteiger partial charge in [-0.2, -0.15) is 0 Å². The SMILES string of the molecule is C=Cc1c(C(=O)NC2CCC(F)(F)CC2)csc1NC. The summed E-state index contributed by atoms with van der Waals surface area (Å²) in [5.74, 6) is -2.79. The average molecular weight is 300 g/mol. The molecule has 1 heterocycles. The molecule has 0 aromatic carbocycles. The second-order valence-corrected chi connectivity index (χ2v) is 5.83.